The predicted molar refractivity (Wildman–Crippen MR) is 66.8 cm³/mol. The molecule has 1 aromatic rings. The summed E-state index contributed by atoms with van der Waals surface area (Å²) < 4.78 is 19.2. The molecule has 0 aliphatic carbocycles. The van der Waals surface area contributed by atoms with Crippen LogP contribution in [0.1, 0.15) is 0 Å². The van der Waals surface area contributed by atoms with Gasteiger partial charge in [-0.15, -0.1) is 0 Å². The first-order valence-electron chi connectivity index (χ1n) is 5.74. The van der Waals surface area contributed by atoms with Gasteiger partial charge in [-0.3, -0.25) is 4.79 Å². The number of nitrogen functional groups attached to an aromatic ring is 1. The summed E-state index contributed by atoms with van der Waals surface area (Å²) in [5.41, 5.74) is 6.25. The topological polar surface area (TPSA) is 67.6 Å². The zero-order valence-electron chi connectivity index (χ0n) is 10.1. The lowest BCUT2D eigenvalue weighted by Gasteiger charge is -2.36. The van der Waals surface area contributed by atoms with Gasteiger partial charge in [-0.25, -0.2) is 4.39 Å². The maximum Gasteiger partial charge on any atom is 0.244 e. The minimum absolute atomic E-state index is 0.189. The molecule has 5 nitrogen and oxygen atoms in total. The Kier molecular flexibility index (Phi) is 3.66. The Balaban J connectivity index is 2.30. The van der Waals surface area contributed by atoms with E-state index in [-0.39, 0.29) is 12.5 Å². The molecule has 6 heteroatoms. The smallest absolute Gasteiger partial charge is 0.244 e. The van der Waals surface area contributed by atoms with Crippen molar-refractivity contribution in [1.82, 2.24) is 5.32 Å². The molecular formula is C12H16FN3O2. The first-order valence-corrected chi connectivity index (χ1v) is 5.74. The molecule has 1 aliphatic rings. The molecule has 0 spiro atoms. The monoisotopic (exact) mass is 253 g/mol. The summed E-state index contributed by atoms with van der Waals surface area (Å²) in [5, 5.41) is 2.56. The number of carbonyl (C=O) groups is 1. The first-order chi connectivity index (χ1) is 8.63. The molecule has 18 heavy (non-hydrogen) atoms. The van der Waals surface area contributed by atoms with E-state index in [4.69, 9.17) is 10.5 Å². The number of benzene rings is 1. The van der Waals surface area contributed by atoms with Gasteiger partial charge >= 0.3 is 0 Å². The molecule has 1 amide bonds. The second kappa shape index (κ2) is 5.22. The quantitative estimate of drug-likeness (QED) is 0.747. The second-order valence-corrected chi connectivity index (χ2v) is 4.11. The number of ether oxygens (including phenoxy) is 1. The third-order valence-electron chi connectivity index (χ3n) is 2.96. The number of likely N-dealkylation sites (N-methyl/N-ethyl adjacent to an activating group) is 1. The number of rotatable bonds is 2. The lowest BCUT2D eigenvalue weighted by molar-refractivity contribution is -0.124. The second-order valence-electron chi connectivity index (χ2n) is 4.11. The molecule has 1 heterocycles. The number of halogens is 1. The number of nitrogens with one attached hydrogen (secondary N) is 1. The summed E-state index contributed by atoms with van der Waals surface area (Å²) in [4.78, 5) is 13.5. The lowest BCUT2D eigenvalue weighted by atomic mass is 10.1. The summed E-state index contributed by atoms with van der Waals surface area (Å²) in [6, 6.07) is 3.95. The maximum absolute atomic E-state index is 13.9. The molecule has 1 aliphatic heterocycles. The van der Waals surface area contributed by atoms with Crippen molar-refractivity contribution in [3.8, 4) is 0 Å². The number of anilines is 2. The van der Waals surface area contributed by atoms with Crippen molar-refractivity contribution in [3.05, 3.63) is 24.0 Å². The highest BCUT2D eigenvalue weighted by atomic mass is 19.1. The van der Waals surface area contributed by atoms with Crippen molar-refractivity contribution in [2.45, 2.75) is 6.04 Å². The van der Waals surface area contributed by atoms with E-state index in [0.717, 1.165) is 0 Å². The Morgan fingerprint density at radius 2 is 2.39 bits per heavy atom. The molecule has 1 fully saturated rings. The van der Waals surface area contributed by atoms with E-state index in [1.54, 1.807) is 24.1 Å². The standard InChI is InChI=1S/C12H16FN3O2/c1-15-12(17)11-7-18-5-4-16(11)10-3-2-8(14)6-9(10)13/h2-3,6,11H,4-5,7,14H2,1H3,(H,15,17). The minimum atomic E-state index is -0.512. The zero-order valence-corrected chi connectivity index (χ0v) is 10.1. The molecule has 0 bridgehead atoms. The van der Waals surface area contributed by atoms with Crippen LogP contribution in [0.3, 0.4) is 0 Å². The molecule has 98 valence electrons. The molecule has 1 aromatic carbocycles. The Bertz CT molecular complexity index is 453. The van der Waals surface area contributed by atoms with Crippen LogP contribution >= 0.6 is 0 Å². The van der Waals surface area contributed by atoms with E-state index in [1.165, 1.54) is 6.07 Å². The highest BCUT2D eigenvalue weighted by Crippen LogP contribution is 2.25. The number of hydrogen-bond donors (Lipinski definition) is 2. The normalized spacial score (nSPS) is 19.7. The van der Waals surface area contributed by atoms with Gasteiger partial charge in [0.05, 0.1) is 18.9 Å². The van der Waals surface area contributed by atoms with Gasteiger partial charge in [0.1, 0.15) is 11.9 Å². The van der Waals surface area contributed by atoms with E-state index < -0.39 is 11.9 Å². The first kappa shape index (κ1) is 12.6. The molecule has 0 saturated carbocycles. The zero-order chi connectivity index (χ0) is 13.1. The van der Waals surface area contributed by atoms with Gasteiger partial charge < -0.3 is 20.7 Å². The van der Waals surface area contributed by atoms with Gasteiger partial charge in [0, 0.05) is 19.3 Å². The average molecular weight is 253 g/mol. The van der Waals surface area contributed by atoms with E-state index in [9.17, 15) is 9.18 Å². The molecule has 0 radical (unpaired) electrons. The van der Waals surface area contributed by atoms with Crippen LogP contribution in [0.4, 0.5) is 15.8 Å². The van der Waals surface area contributed by atoms with Crippen LogP contribution in [0.25, 0.3) is 0 Å². The van der Waals surface area contributed by atoms with E-state index in [1.807, 2.05) is 0 Å². The third kappa shape index (κ3) is 2.38. The van der Waals surface area contributed by atoms with Gasteiger partial charge in [-0.2, -0.15) is 0 Å². The molecular weight excluding hydrogens is 237 g/mol. The minimum Gasteiger partial charge on any atom is -0.399 e. The lowest BCUT2D eigenvalue weighted by Crippen LogP contribution is -2.53. The van der Waals surface area contributed by atoms with Gasteiger partial charge in [0.2, 0.25) is 5.91 Å². The van der Waals surface area contributed by atoms with Crippen molar-refractivity contribution < 1.29 is 13.9 Å². The van der Waals surface area contributed by atoms with Crippen LogP contribution in [0.5, 0.6) is 0 Å². The Morgan fingerprint density at radius 3 is 3.06 bits per heavy atom. The number of nitrogens with two attached hydrogens (primary N) is 1. The van der Waals surface area contributed by atoms with Gasteiger partial charge in [-0.05, 0) is 18.2 Å². The third-order valence-corrected chi connectivity index (χ3v) is 2.96. The Labute approximate surface area is 105 Å². The van der Waals surface area contributed by atoms with Crippen molar-refractivity contribution in [2.75, 3.05) is 37.4 Å². The summed E-state index contributed by atoms with van der Waals surface area (Å²) in [7, 11) is 1.55. The maximum atomic E-state index is 13.9. The fourth-order valence-corrected chi connectivity index (χ4v) is 2.03. The fourth-order valence-electron chi connectivity index (χ4n) is 2.03. The van der Waals surface area contributed by atoms with Crippen molar-refractivity contribution >= 4 is 17.3 Å². The number of nitrogens with zero attached hydrogens (tertiary/aromatic N) is 1. The van der Waals surface area contributed by atoms with Crippen molar-refractivity contribution in [1.29, 1.82) is 0 Å². The largest absolute Gasteiger partial charge is 0.399 e. The molecule has 2 rings (SSSR count). The molecule has 1 atom stereocenters. The number of amides is 1. The van der Waals surface area contributed by atoms with Crippen LogP contribution < -0.4 is 16.0 Å². The van der Waals surface area contributed by atoms with E-state index >= 15 is 0 Å². The Morgan fingerprint density at radius 1 is 1.61 bits per heavy atom. The van der Waals surface area contributed by atoms with Crippen LogP contribution in [-0.2, 0) is 9.53 Å². The van der Waals surface area contributed by atoms with Crippen LogP contribution in [0.15, 0.2) is 18.2 Å². The highest BCUT2D eigenvalue weighted by Gasteiger charge is 2.30. The summed E-state index contributed by atoms with van der Waals surface area (Å²) in [5.74, 6) is -0.614. The van der Waals surface area contributed by atoms with Gasteiger partial charge in [0.25, 0.3) is 0 Å². The van der Waals surface area contributed by atoms with Gasteiger partial charge in [0.15, 0.2) is 0 Å². The number of carbonyl (C=O) groups excluding carboxylic acids is 1. The highest BCUT2D eigenvalue weighted by molar-refractivity contribution is 5.85. The number of hydrogen-bond acceptors (Lipinski definition) is 4. The SMILES string of the molecule is CNC(=O)C1COCCN1c1ccc(N)cc1F. The average Bonchev–Trinajstić information content (AvgIpc) is 2.38. The molecule has 1 unspecified atom stereocenters. The fraction of sp³-hybridized carbons (Fsp3) is 0.417. The summed E-state index contributed by atoms with van der Waals surface area (Å²) in [6.07, 6.45) is 0. The van der Waals surface area contributed by atoms with Crippen LogP contribution in [-0.4, -0.2) is 38.8 Å². The molecule has 3 N–H and O–H groups in total. The van der Waals surface area contributed by atoms with Crippen LogP contribution in [0, 0.1) is 5.82 Å². The predicted octanol–water partition coefficient (Wildman–Crippen LogP) is 0.359. The summed E-state index contributed by atoms with van der Waals surface area (Å²) in [6.45, 7) is 1.19. The van der Waals surface area contributed by atoms with Crippen LogP contribution in [0.2, 0.25) is 0 Å². The van der Waals surface area contributed by atoms with Gasteiger partial charge in [-0.1, -0.05) is 0 Å². The summed E-state index contributed by atoms with van der Waals surface area (Å²) >= 11 is 0. The molecule has 0 aromatic heterocycles. The van der Waals surface area contributed by atoms with Crippen molar-refractivity contribution in [3.63, 3.8) is 0 Å². The number of morpholine rings is 1. The Hall–Kier alpha value is -1.82. The van der Waals surface area contributed by atoms with E-state index in [2.05, 4.69) is 5.32 Å². The van der Waals surface area contributed by atoms with E-state index in [0.29, 0.717) is 24.5 Å². The van der Waals surface area contributed by atoms with Crippen molar-refractivity contribution in [2.24, 2.45) is 0 Å². The molecule has 1 saturated heterocycles.